The minimum absolute atomic E-state index is 0.0367. The van der Waals surface area contributed by atoms with Crippen LogP contribution in [0, 0.1) is 5.82 Å². The topological polar surface area (TPSA) is 32.3 Å². The molecule has 0 saturated heterocycles. The van der Waals surface area contributed by atoms with Gasteiger partial charge in [0, 0.05) is 30.5 Å². The summed E-state index contributed by atoms with van der Waals surface area (Å²) in [5, 5.41) is 11.9. The van der Waals surface area contributed by atoms with E-state index in [9.17, 15) is 4.39 Å². The summed E-state index contributed by atoms with van der Waals surface area (Å²) in [6.45, 7) is 3.08. The van der Waals surface area contributed by atoms with Crippen LogP contribution in [0.1, 0.15) is 24.9 Å². The van der Waals surface area contributed by atoms with Gasteiger partial charge in [0.2, 0.25) is 0 Å². The largest absolute Gasteiger partial charge is 0.396 e. The second-order valence-corrected chi connectivity index (χ2v) is 5.11. The fraction of sp³-hybridized carbons (Fsp3) is 0.538. The molecule has 0 aliphatic rings. The molecule has 1 atom stereocenters. The van der Waals surface area contributed by atoms with Crippen molar-refractivity contribution < 1.29 is 9.50 Å². The predicted molar refractivity (Wildman–Crippen MR) is 71.8 cm³/mol. The molecular formula is C13H20FNOS. The number of aliphatic hydroxyl groups excluding tert-OH is 1. The van der Waals surface area contributed by atoms with Crippen molar-refractivity contribution in [2.45, 2.75) is 19.4 Å². The fourth-order valence-electron chi connectivity index (χ4n) is 1.55. The molecule has 0 spiro atoms. The predicted octanol–water partition coefficient (Wildman–Crippen LogP) is 2.59. The molecule has 2 N–H and O–H groups in total. The van der Waals surface area contributed by atoms with Gasteiger partial charge in [-0.1, -0.05) is 18.2 Å². The Morgan fingerprint density at radius 1 is 1.35 bits per heavy atom. The van der Waals surface area contributed by atoms with Crippen molar-refractivity contribution in [1.82, 2.24) is 5.32 Å². The highest BCUT2D eigenvalue weighted by atomic mass is 32.2. The van der Waals surface area contributed by atoms with Gasteiger partial charge in [-0.15, -0.1) is 0 Å². The van der Waals surface area contributed by atoms with Crippen LogP contribution in [0.15, 0.2) is 24.3 Å². The Morgan fingerprint density at radius 2 is 2.12 bits per heavy atom. The van der Waals surface area contributed by atoms with Crippen molar-refractivity contribution in [3.63, 3.8) is 0 Å². The zero-order valence-corrected chi connectivity index (χ0v) is 11.0. The molecule has 0 aliphatic carbocycles. The lowest BCUT2D eigenvalue weighted by molar-refractivity contribution is 0.296. The van der Waals surface area contributed by atoms with E-state index in [1.807, 2.05) is 19.1 Å². The molecule has 17 heavy (non-hydrogen) atoms. The fourth-order valence-corrected chi connectivity index (χ4v) is 2.35. The smallest absolute Gasteiger partial charge is 0.127 e. The molecule has 1 aromatic carbocycles. The molecular weight excluding hydrogens is 237 g/mol. The summed E-state index contributed by atoms with van der Waals surface area (Å²) in [5.74, 6) is 1.81. The van der Waals surface area contributed by atoms with E-state index in [1.54, 1.807) is 17.8 Å². The standard InChI is InChI=1S/C13H20FNOS/c1-11(12-5-2-3-6-13(12)14)15-7-10-17-9-4-8-16/h2-3,5-6,11,15-16H,4,7-10H2,1H3. The van der Waals surface area contributed by atoms with E-state index >= 15 is 0 Å². The van der Waals surface area contributed by atoms with E-state index in [2.05, 4.69) is 5.32 Å². The Balaban J connectivity index is 2.21. The van der Waals surface area contributed by atoms with Crippen molar-refractivity contribution >= 4 is 11.8 Å². The average Bonchev–Trinajstić information content (AvgIpc) is 2.34. The number of rotatable bonds is 8. The second-order valence-electron chi connectivity index (χ2n) is 3.89. The zero-order valence-electron chi connectivity index (χ0n) is 10.2. The highest BCUT2D eigenvalue weighted by molar-refractivity contribution is 7.99. The summed E-state index contributed by atoms with van der Waals surface area (Å²) in [7, 11) is 0. The van der Waals surface area contributed by atoms with Crippen LogP contribution in [0.2, 0.25) is 0 Å². The molecule has 1 aromatic rings. The van der Waals surface area contributed by atoms with E-state index in [0.29, 0.717) is 5.56 Å². The molecule has 0 bridgehead atoms. The van der Waals surface area contributed by atoms with Crippen molar-refractivity contribution in [3.05, 3.63) is 35.6 Å². The third-order valence-corrected chi connectivity index (χ3v) is 3.59. The number of benzene rings is 1. The molecule has 4 heteroatoms. The highest BCUT2D eigenvalue weighted by Crippen LogP contribution is 2.15. The van der Waals surface area contributed by atoms with Crippen LogP contribution < -0.4 is 5.32 Å². The van der Waals surface area contributed by atoms with Crippen LogP contribution >= 0.6 is 11.8 Å². The summed E-state index contributed by atoms with van der Waals surface area (Å²) >= 11 is 1.80. The minimum atomic E-state index is -0.152. The van der Waals surface area contributed by atoms with Gasteiger partial charge in [-0.2, -0.15) is 11.8 Å². The van der Waals surface area contributed by atoms with Crippen LogP contribution in [0.5, 0.6) is 0 Å². The van der Waals surface area contributed by atoms with Gasteiger partial charge >= 0.3 is 0 Å². The highest BCUT2D eigenvalue weighted by Gasteiger charge is 2.08. The third kappa shape index (κ3) is 5.52. The van der Waals surface area contributed by atoms with E-state index in [-0.39, 0.29) is 18.5 Å². The van der Waals surface area contributed by atoms with E-state index < -0.39 is 0 Å². The second kappa shape index (κ2) is 8.50. The summed E-state index contributed by atoms with van der Waals surface area (Å²) < 4.78 is 13.4. The minimum Gasteiger partial charge on any atom is -0.396 e. The summed E-state index contributed by atoms with van der Waals surface area (Å²) in [4.78, 5) is 0. The van der Waals surface area contributed by atoms with Crippen LogP contribution in [0.25, 0.3) is 0 Å². The van der Waals surface area contributed by atoms with Crippen molar-refractivity contribution in [1.29, 1.82) is 0 Å². The monoisotopic (exact) mass is 257 g/mol. The van der Waals surface area contributed by atoms with Gasteiger partial charge < -0.3 is 10.4 Å². The first kappa shape index (κ1) is 14.5. The van der Waals surface area contributed by atoms with Crippen molar-refractivity contribution in [2.75, 3.05) is 24.7 Å². The number of nitrogens with one attached hydrogen (secondary N) is 1. The average molecular weight is 257 g/mol. The number of aliphatic hydroxyl groups is 1. The normalized spacial score (nSPS) is 12.6. The van der Waals surface area contributed by atoms with E-state index in [1.165, 1.54) is 6.07 Å². The maximum absolute atomic E-state index is 13.4. The SMILES string of the molecule is CC(NCCSCCCO)c1ccccc1F. The van der Waals surface area contributed by atoms with Crippen LogP contribution in [0.3, 0.4) is 0 Å². The molecule has 1 rings (SSSR count). The Kier molecular flexibility index (Phi) is 7.24. The van der Waals surface area contributed by atoms with E-state index in [4.69, 9.17) is 5.11 Å². The van der Waals surface area contributed by atoms with Crippen molar-refractivity contribution in [2.24, 2.45) is 0 Å². The lowest BCUT2D eigenvalue weighted by Crippen LogP contribution is -2.22. The molecule has 0 aromatic heterocycles. The van der Waals surface area contributed by atoms with Gasteiger partial charge in [0.15, 0.2) is 0 Å². The number of thioether (sulfide) groups is 1. The molecule has 0 fully saturated rings. The van der Waals surface area contributed by atoms with E-state index in [0.717, 1.165) is 24.5 Å². The third-order valence-electron chi connectivity index (χ3n) is 2.52. The Hall–Kier alpha value is -0.580. The zero-order chi connectivity index (χ0) is 12.5. The van der Waals surface area contributed by atoms with Gasteiger partial charge in [0.1, 0.15) is 5.82 Å². The molecule has 0 radical (unpaired) electrons. The molecule has 96 valence electrons. The molecule has 2 nitrogen and oxygen atoms in total. The Labute approximate surface area is 107 Å². The molecule has 0 saturated carbocycles. The maximum atomic E-state index is 13.4. The first-order valence-corrected chi connectivity index (χ1v) is 7.07. The maximum Gasteiger partial charge on any atom is 0.127 e. The lowest BCUT2D eigenvalue weighted by Gasteiger charge is -2.14. The van der Waals surface area contributed by atoms with Gasteiger partial charge in [-0.05, 0) is 25.2 Å². The van der Waals surface area contributed by atoms with Gasteiger partial charge in [0.25, 0.3) is 0 Å². The van der Waals surface area contributed by atoms with Crippen LogP contribution in [-0.2, 0) is 0 Å². The van der Waals surface area contributed by atoms with Gasteiger partial charge in [-0.25, -0.2) is 4.39 Å². The van der Waals surface area contributed by atoms with Crippen molar-refractivity contribution in [3.8, 4) is 0 Å². The number of halogens is 1. The van der Waals surface area contributed by atoms with Crippen LogP contribution in [-0.4, -0.2) is 29.8 Å². The van der Waals surface area contributed by atoms with Crippen LogP contribution in [0.4, 0.5) is 4.39 Å². The summed E-state index contributed by atoms with van der Waals surface area (Å²) in [6.07, 6.45) is 0.841. The quantitative estimate of drug-likeness (QED) is 0.702. The van der Waals surface area contributed by atoms with Gasteiger partial charge in [-0.3, -0.25) is 0 Å². The van der Waals surface area contributed by atoms with Gasteiger partial charge in [0.05, 0.1) is 0 Å². The number of hydrogen-bond acceptors (Lipinski definition) is 3. The molecule has 0 aliphatic heterocycles. The first-order chi connectivity index (χ1) is 8.25. The molecule has 0 amide bonds. The number of hydrogen-bond donors (Lipinski definition) is 2. The first-order valence-electron chi connectivity index (χ1n) is 5.92. The Morgan fingerprint density at radius 3 is 2.82 bits per heavy atom. The molecule has 0 heterocycles. The molecule has 1 unspecified atom stereocenters. The Bertz CT molecular complexity index is 322. The summed E-state index contributed by atoms with van der Waals surface area (Å²) in [6, 6.07) is 6.90. The summed E-state index contributed by atoms with van der Waals surface area (Å²) in [5.41, 5.74) is 0.716. The lowest BCUT2D eigenvalue weighted by atomic mass is 10.1.